The minimum atomic E-state index is -0.303. The van der Waals surface area contributed by atoms with Crippen molar-refractivity contribution in [2.24, 2.45) is 10.9 Å². The van der Waals surface area contributed by atoms with E-state index in [0.717, 1.165) is 29.1 Å². The molecule has 3 aromatic carbocycles. The molecule has 5 rings (SSSR count). The van der Waals surface area contributed by atoms with Crippen LogP contribution in [0.25, 0.3) is 0 Å². The molecule has 1 atom stereocenters. The van der Waals surface area contributed by atoms with Crippen molar-refractivity contribution in [1.29, 1.82) is 0 Å². The fourth-order valence-electron chi connectivity index (χ4n) is 5.04. The van der Waals surface area contributed by atoms with Gasteiger partial charge < -0.3 is 0 Å². The zero-order chi connectivity index (χ0) is 22.5. The Morgan fingerprint density at radius 2 is 1.36 bits per heavy atom. The SMILES string of the molecule is O=C1N(Cc2ccccc2)C(c2ccccc2)=NC(c2ccccc2)N1CC1CCCCC1. The maximum absolute atomic E-state index is 14.1. The van der Waals surface area contributed by atoms with Crippen molar-refractivity contribution in [2.75, 3.05) is 6.54 Å². The minimum Gasteiger partial charge on any atom is -0.298 e. The number of amides is 2. The summed E-state index contributed by atoms with van der Waals surface area (Å²) < 4.78 is 0. The largest absolute Gasteiger partial charge is 0.327 e. The highest BCUT2D eigenvalue weighted by Crippen LogP contribution is 2.34. The van der Waals surface area contributed by atoms with Crippen LogP contribution in [0.3, 0.4) is 0 Å². The average Bonchev–Trinajstić information content (AvgIpc) is 2.89. The second-order valence-corrected chi connectivity index (χ2v) is 9.11. The van der Waals surface area contributed by atoms with E-state index in [9.17, 15) is 4.79 Å². The summed E-state index contributed by atoms with van der Waals surface area (Å²) in [5.41, 5.74) is 3.14. The summed E-state index contributed by atoms with van der Waals surface area (Å²) >= 11 is 0. The van der Waals surface area contributed by atoms with Crippen LogP contribution >= 0.6 is 0 Å². The van der Waals surface area contributed by atoms with Crippen molar-refractivity contribution >= 4 is 11.9 Å². The van der Waals surface area contributed by atoms with E-state index in [1.165, 1.54) is 32.1 Å². The average molecular weight is 438 g/mol. The Bertz CT molecular complexity index is 1080. The second-order valence-electron chi connectivity index (χ2n) is 9.11. The van der Waals surface area contributed by atoms with Gasteiger partial charge in [0.2, 0.25) is 0 Å². The Morgan fingerprint density at radius 1 is 0.758 bits per heavy atom. The van der Waals surface area contributed by atoms with Gasteiger partial charge >= 0.3 is 6.03 Å². The first kappa shape index (κ1) is 21.4. The Balaban J connectivity index is 1.57. The molecule has 0 bridgehead atoms. The highest BCUT2D eigenvalue weighted by atomic mass is 16.2. The fourth-order valence-corrected chi connectivity index (χ4v) is 5.04. The normalized spacial score (nSPS) is 19.5. The maximum atomic E-state index is 14.1. The summed E-state index contributed by atoms with van der Waals surface area (Å²) in [7, 11) is 0. The molecule has 4 heteroatoms. The van der Waals surface area contributed by atoms with Crippen molar-refractivity contribution in [3.8, 4) is 0 Å². The van der Waals surface area contributed by atoms with Gasteiger partial charge in [0.1, 0.15) is 5.84 Å². The van der Waals surface area contributed by atoms with Crippen LogP contribution in [0.4, 0.5) is 4.79 Å². The highest BCUT2D eigenvalue weighted by molar-refractivity contribution is 6.08. The molecule has 2 amide bonds. The van der Waals surface area contributed by atoms with Crippen molar-refractivity contribution < 1.29 is 4.79 Å². The smallest absolute Gasteiger partial charge is 0.298 e. The van der Waals surface area contributed by atoms with Crippen LogP contribution in [0.1, 0.15) is 55.0 Å². The molecule has 0 saturated heterocycles. The van der Waals surface area contributed by atoms with E-state index in [4.69, 9.17) is 4.99 Å². The summed E-state index contributed by atoms with van der Waals surface area (Å²) in [6, 6.07) is 30.6. The Labute approximate surface area is 196 Å². The van der Waals surface area contributed by atoms with Crippen LogP contribution < -0.4 is 0 Å². The zero-order valence-corrected chi connectivity index (χ0v) is 19.0. The summed E-state index contributed by atoms with van der Waals surface area (Å²) in [4.78, 5) is 23.3. The Kier molecular flexibility index (Phi) is 6.52. The molecule has 1 aliphatic carbocycles. The summed E-state index contributed by atoms with van der Waals surface area (Å²) in [5, 5.41) is 0. The summed E-state index contributed by atoms with van der Waals surface area (Å²) in [6.45, 7) is 1.27. The molecule has 0 N–H and O–H groups in total. The van der Waals surface area contributed by atoms with Gasteiger partial charge in [-0.3, -0.25) is 9.80 Å². The lowest BCUT2D eigenvalue weighted by molar-refractivity contribution is 0.124. The van der Waals surface area contributed by atoms with Gasteiger partial charge in [0.15, 0.2) is 6.17 Å². The minimum absolute atomic E-state index is 0.0483. The predicted molar refractivity (Wildman–Crippen MR) is 133 cm³/mol. The molecule has 1 aliphatic heterocycles. The third kappa shape index (κ3) is 4.85. The summed E-state index contributed by atoms with van der Waals surface area (Å²) in [5.74, 6) is 1.29. The van der Waals surface area contributed by atoms with E-state index in [0.29, 0.717) is 12.5 Å². The van der Waals surface area contributed by atoms with Crippen LogP contribution in [-0.4, -0.2) is 28.2 Å². The van der Waals surface area contributed by atoms with Gasteiger partial charge in [0.05, 0.1) is 6.54 Å². The lowest BCUT2D eigenvalue weighted by Gasteiger charge is -2.42. The van der Waals surface area contributed by atoms with E-state index in [1.54, 1.807) is 0 Å². The molecule has 33 heavy (non-hydrogen) atoms. The van der Waals surface area contributed by atoms with E-state index in [-0.39, 0.29) is 12.2 Å². The number of hydrogen-bond acceptors (Lipinski definition) is 2. The van der Waals surface area contributed by atoms with Crippen LogP contribution in [0.15, 0.2) is 96.0 Å². The molecule has 0 spiro atoms. The number of carbonyl (C=O) groups is 1. The monoisotopic (exact) mass is 437 g/mol. The van der Waals surface area contributed by atoms with Gasteiger partial charge in [0.25, 0.3) is 0 Å². The molecule has 1 unspecified atom stereocenters. The Morgan fingerprint density at radius 3 is 2.03 bits per heavy atom. The second kappa shape index (κ2) is 10.0. The van der Waals surface area contributed by atoms with Gasteiger partial charge in [-0.1, -0.05) is 110 Å². The molecule has 1 heterocycles. The maximum Gasteiger partial charge on any atom is 0.327 e. The standard InChI is InChI=1S/C29H31N3O/c33-29-31(21-23-13-5-1-6-14-23)27(25-17-9-3-10-18-25)30-28(26-19-11-4-12-20-26)32(29)22-24-15-7-2-8-16-24/h1,3-6,9-14,17-20,24,28H,2,7-8,15-16,21-22H2. The lowest BCUT2D eigenvalue weighted by Crippen LogP contribution is -2.52. The molecule has 168 valence electrons. The quantitative estimate of drug-likeness (QED) is 0.425. The molecule has 0 aromatic heterocycles. The molecule has 2 aliphatic rings. The third-order valence-electron chi connectivity index (χ3n) is 6.76. The molecule has 0 radical (unpaired) electrons. The van der Waals surface area contributed by atoms with Crippen molar-refractivity contribution in [3.63, 3.8) is 0 Å². The van der Waals surface area contributed by atoms with E-state index in [2.05, 4.69) is 24.3 Å². The zero-order valence-electron chi connectivity index (χ0n) is 19.0. The van der Waals surface area contributed by atoms with Crippen LogP contribution in [0.5, 0.6) is 0 Å². The van der Waals surface area contributed by atoms with E-state index < -0.39 is 0 Å². The first-order chi connectivity index (χ1) is 16.3. The van der Waals surface area contributed by atoms with Gasteiger partial charge in [-0.15, -0.1) is 0 Å². The number of amidine groups is 1. The number of nitrogens with zero attached hydrogens (tertiary/aromatic N) is 3. The fraction of sp³-hybridized carbons (Fsp3) is 0.310. The number of urea groups is 1. The van der Waals surface area contributed by atoms with Crippen LogP contribution in [0.2, 0.25) is 0 Å². The lowest BCUT2D eigenvalue weighted by atomic mass is 9.88. The third-order valence-corrected chi connectivity index (χ3v) is 6.76. The first-order valence-electron chi connectivity index (χ1n) is 12.1. The predicted octanol–water partition coefficient (Wildman–Crippen LogP) is 6.65. The van der Waals surface area contributed by atoms with Gasteiger partial charge in [-0.05, 0) is 29.9 Å². The van der Waals surface area contributed by atoms with Crippen LogP contribution in [0, 0.1) is 5.92 Å². The molecular weight excluding hydrogens is 406 g/mol. The number of benzene rings is 3. The number of hydrogen-bond donors (Lipinski definition) is 0. The topological polar surface area (TPSA) is 35.9 Å². The van der Waals surface area contributed by atoms with Crippen molar-refractivity contribution in [3.05, 3.63) is 108 Å². The van der Waals surface area contributed by atoms with Crippen molar-refractivity contribution in [2.45, 2.75) is 44.8 Å². The number of aliphatic imine (C=N–C) groups is 1. The highest BCUT2D eigenvalue weighted by Gasteiger charge is 2.38. The number of carbonyl (C=O) groups excluding carboxylic acids is 1. The van der Waals surface area contributed by atoms with E-state index >= 15 is 0 Å². The molecule has 1 fully saturated rings. The molecule has 3 aromatic rings. The summed E-state index contributed by atoms with van der Waals surface area (Å²) in [6.07, 6.45) is 5.91. The van der Waals surface area contributed by atoms with Crippen molar-refractivity contribution in [1.82, 2.24) is 9.80 Å². The van der Waals surface area contributed by atoms with Gasteiger partial charge in [0, 0.05) is 12.1 Å². The molecular formula is C29H31N3O. The van der Waals surface area contributed by atoms with Crippen LogP contribution in [-0.2, 0) is 6.54 Å². The van der Waals surface area contributed by atoms with Gasteiger partial charge in [-0.2, -0.15) is 0 Å². The van der Waals surface area contributed by atoms with E-state index in [1.807, 2.05) is 76.5 Å². The Hall–Kier alpha value is -3.40. The molecule has 4 nitrogen and oxygen atoms in total. The van der Waals surface area contributed by atoms with Gasteiger partial charge in [-0.25, -0.2) is 9.79 Å². The number of rotatable bonds is 6. The molecule has 1 saturated carbocycles. The first-order valence-corrected chi connectivity index (χ1v) is 12.1.